The average Bonchev–Trinajstić information content (AvgIpc) is 2.48. The summed E-state index contributed by atoms with van der Waals surface area (Å²) in [5.41, 5.74) is 2.02. The molecule has 4 heteroatoms. The van der Waals surface area contributed by atoms with Crippen molar-refractivity contribution in [3.63, 3.8) is 0 Å². The summed E-state index contributed by atoms with van der Waals surface area (Å²) in [4.78, 5) is 0. The Labute approximate surface area is 124 Å². The quantitative estimate of drug-likeness (QED) is 0.928. The summed E-state index contributed by atoms with van der Waals surface area (Å²) in [7, 11) is 1.55. The summed E-state index contributed by atoms with van der Waals surface area (Å²) in [5, 5.41) is 18.9. The number of hydrogen-bond donors (Lipinski definition) is 1. The minimum atomic E-state index is -0.726. The molecule has 0 aliphatic carbocycles. The maximum absolute atomic E-state index is 9.95. The Morgan fingerprint density at radius 3 is 2.48 bits per heavy atom. The van der Waals surface area contributed by atoms with Gasteiger partial charge in [0.15, 0.2) is 0 Å². The molecule has 0 aliphatic rings. The topological polar surface area (TPSA) is 62.5 Å². The molecule has 0 aliphatic heterocycles. The van der Waals surface area contributed by atoms with Gasteiger partial charge in [0.25, 0.3) is 0 Å². The van der Waals surface area contributed by atoms with E-state index in [1.165, 1.54) is 0 Å². The maximum Gasteiger partial charge on any atom is 0.136 e. The molecule has 1 N–H and O–H groups in total. The highest BCUT2D eigenvalue weighted by molar-refractivity contribution is 5.50. The molecule has 0 saturated heterocycles. The molecule has 4 nitrogen and oxygen atoms in total. The number of nitriles is 1. The number of aryl methyl sites for hydroxylation is 1. The molecular formula is C17H17NO3. The van der Waals surface area contributed by atoms with Crippen LogP contribution in [0.25, 0.3) is 0 Å². The Kier molecular flexibility index (Phi) is 4.46. The predicted octanol–water partition coefficient (Wildman–Crippen LogP) is 3.72. The highest BCUT2D eigenvalue weighted by Crippen LogP contribution is 2.37. The number of nitrogens with zero attached hydrogens (tertiary/aromatic N) is 1. The largest absolute Gasteiger partial charge is 0.496 e. The molecule has 0 amide bonds. The van der Waals surface area contributed by atoms with E-state index in [1.807, 2.05) is 13.0 Å². The molecule has 0 spiro atoms. The first kappa shape index (κ1) is 14.9. The van der Waals surface area contributed by atoms with Crippen LogP contribution < -0.4 is 9.47 Å². The highest BCUT2D eigenvalue weighted by Gasteiger charge is 2.16. The van der Waals surface area contributed by atoms with E-state index >= 15 is 0 Å². The van der Waals surface area contributed by atoms with E-state index in [2.05, 4.69) is 6.07 Å². The maximum atomic E-state index is 9.95. The molecule has 2 aromatic rings. The standard InChI is InChI=1S/C17H17NO3/c1-11-7-8-13(10-18)9-16(11)21-15-6-4-5-14(20-3)17(15)12(2)19/h4-9,12,19H,1-3H3/t12-/m1/s1. The molecule has 2 aromatic carbocycles. The van der Waals surface area contributed by atoms with Crippen molar-refractivity contribution in [3.05, 3.63) is 53.1 Å². The van der Waals surface area contributed by atoms with Crippen LogP contribution in [-0.4, -0.2) is 12.2 Å². The lowest BCUT2D eigenvalue weighted by atomic mass is 10.1. The van der Waals surface area contributed by atoms with Crippen LogP contribution in [0.3, 0.4) is 0 Å². The van der Waals surface area contributed by atoms with E-state index in [1.54, 1.807) is 44.4 Å². The zero-order valence-corrected chi connectivity index (χ0v) is 12.3. The molecule has 0 fully saturated rings. The molecule has 2 rings (SSSR count). The summed E-state index contributed by atoms with van der Waals surface area (Å²) in [6, 6.07) is 12.7. The minimum Gasteiger partial charge on any atom is -0.496 e. The Morgan fingerprint density at radius 1 is 1.14 bits per heavy atom. The molecule has 0 bridgehead atoms. The monoisotopic (exact) mass is 283 g/mol. The molecule has 0 unspecified atom stereocenters. The van der Waals surface area contributed by atoms with Gasteiger partial charge >= 0.3 is 0 Å². The van der Waals surface area contributed by atoms with Crippen LogP contribution in [-0.2, 0) is 0 Å². The SMILES string of the molecule is COc1cccc(Oc2cc(C#N)ccc2C)c1[C@@H](C)O. The fourth-order valence-corrected chi connectivity index (χ4v) is 2.10. The first-order valence-corrected chi connectivity index (χ1v) is 6.60. The molecule has 0 saturated carbocycles. The third-order valence-electron chi connectivity index (χ3n) is 3.20. The number of methoxy groups -OCH3 is 1. The molecule has 0 heterocycles. The van der Waals surface area contributed by atoms with Crippen molar-refractivity contribution < 1.29 is 14.6 Å². The van der Waals surface area contributed by atoms with Crippen LogP contribution in [0, 0.1) is 18.3 Å². The second kappa shape index (κ2) is 6.29. The second-order valence-electron chi connectivity index (χ2n) is 4.74. The van der Waals surface area contributed by atoms with Gasteiger partial charge in [-0.05, 0) is 43.7 Å². The van der Waals surface area contributed by atoms with Crippen molar-refractivity contribution in [2.45, 2.75) is 20.0 Å². The smallest absolute Gasteiger partial charge is 0.136 e. The molecule has 0 radical (unpaired) electrons. The number of ether oxygens (including phenoxy) is 2. The summed E-state index contributed by atoms with van der Waals surface area (Å²) >= 11 is 0. The van der Waals surface area contributed by atoms with Crippen LogP contribution in [0.2, 0.25) is 0 Å². The normalized spacial score (nSPS) is 11.6. The predicted molar refractivity (Wildman–Crippen MR) is 79.6 cm³/mol. The van der Waals surface area contributed by atoms with E-state index in [4.69, 9.17) is 14.7 Å². The van der Waals surface area contributed by atoms with Crippen molar-refractivity contribution >= 4 is 0 Å². The van der Waals surface area contributed by atoms with Gasteiger partial charge in [0.05, 0.1) is 30.4 Å². The number of benzene rings is 2. The molecule has 108 valence electrons. The molecule has 0 aromatic heterocycles. The first-order chi connectivity index (χ1) is 10.1. The lowest BCUT2D eigenvalue weighted by Gasteiger charge is -2.17. The number of hydrogen-bond acceptors (Lipinski definition) is 4. The highest BCUT2D eigenvalue weighted by atomic mass is 16.5. The summed E-state index contributed by atoms with van der Waals surface area (Å²) in [6.07, 6.45) is -0.726. The fraction of sp³-hybridized carbons (Fsp3) is 0.235. The van der Waals surface area contributed by atoms with Gasteiger partial charge in [0, 0.05) is 0 Å². The number of aliphatic hydroxyl groups is 1. The number of rotatable bonds is 4. The Hall–Kier alpha value is -2.51. The van der Waals surface area contributed by atoms with E-state index in [-0.39, 0.29) is 0 Å². The van der Waals surface area contributed by atoms with E-state index in [9.17, 15) is 5.11 Å². The fourth-order valence-electron chi connectivity index (χ4n) is 2.10. The third-order valence-corrected chi connectivity index (χ3v) is 3.20. The lowest BCUT2D eigenvalue weighted by molar-refractivity contribution is 0.190. The van der Waals surface area contributed by atoms with Gasteiger partial charge in [-0.2, -0.15) is 5.26 Å². The molecule has 1 atom stereocenters. The van der Waals surface area contributed by atoms with Crippen molar-refractivity contribution in [3.8, 4) is 23.3 Å². The number of aliphatic hydroxyl groups excluding tert-OH is 1. The van der Waals surface area contributed by atoms with Crippen LogP contribution in [0.15, 0.2) is 36.4 Å². The Bertz CT molecular complexity index is 687. The van der Waals surface area contributed by atoms with E-state index in [0.717, 1.165) is 5.56 Å². The van der Waals surface area contributed by atoms with E-state index < -0.39 is 6.10 Å². The Balaban J connectivity index is 2.47. The third kappa shape index (κ3) is 3.15. The van der Waals surface area contributed by atoms with Crippen molar-refractivity contribution in [2.24, 2.45) is 0 Å². The first-order valence-electron chi connectivity index (χ1n) is 6.60. The van der Waals surface area contributed by atoms with E-state index in [0.29, 0.717) is 28.4 Å². The Morgan fingerprint density at radius 2 is 1.86 bits per heavy atom. The zero-order valence-electron chi connectivity index (χ0n) is 12.3. The zero-order chi connectivity index (χ0) is 15.4. The van der Waals surface area contributed by atoms with Gasteiger partial charge in [-0.3, -0.25) is 0 Å². The van der Waals surface area contributed by atoms with Gasteiger partial charge in [0.2, 0.25) is 0 Å². The molecule has 21 heavy (non-hydrogen) atoms. The van der Waals surface area contributed by atoms with Crippen molar-refractivity contribution in [1.29, 1.82) is 5.26 Å². The van der Waals surface area contributed by atoms with Gasteiger partial charge in [-0.1, -0.05) is 12.1 Å². The van der Waals surface area contributed by atoms with Gasteiger partial charge in [-0.15, -0.1) is 0 Å². The lowest BCUT2D eigenvalue weighted by Crippen LogP contribution is -2.00. The van der Waals surface area contributed by atoms with Crippen LogP contribution in [0.5, 0.6) is 17.2 Å². The molecular weight excluding hydrogens is 266 g/mol. The van der Waals surface area contributed by atoms with Crippen LogP contribution in [0.4, 0.5) is 0 Å². The average molecular weight is 283 g/mol. The second-order valence-corrected chi connectivity index (χ2v) is 4.74. The van der Waals surface area contributed by atoms with Gasteiger partial charge < -0.3 is 14.6 Å². The van der Waals surface area contributed by atoms with Crippen LogP contribution >= 0.6 is 0 Å². The minimum absolute atomic E-state index is 0.516. The summed E-state index contributed by atoms with van der Waals surface area (Å²) in [5.74, 6) is 1.67. The van der Waals surface area contributed by atoms with Crippen LogP contribution in [0.1, 0.15) is 29.7 Å². The van der Waals surface area contributed by atoms with Gasteiger partial charge in [0.1, 0.15) is 17.2 Å². The van der Waals surface area contributed by atoms with Crippen molar-refractivity contribution in [2.75, 3.05) is 7.11 Å². The summed E-state index contributed by atoms with van der Waals surface area (Å²) in [6.45, 7) is 3.56. The van der Waals surface area contributed by atoms with Gasteiger partial charge in [-0.25, -0.2) is 0 Å². The summed E-state index contributed by atoms with van der Waals surface area (Å²) < 4.78 is 11.2. The van der Waals surface area contributed by atoms with Crippen molar-refractivity contribution in [1.82, 2.24) is 0 Å².